The smallest absolute Gasteiger partial charge is 0.0681 e. The summed E-state index contributed by atoms with van der Waals surface area (Å²) < 4.78 is 0. The zero-order chi connectivity index (χ0) is 14.2. The first-order chi connectivity index (χ1) is 9.81. The SMILES string of the molecule is CSc1ccc(CNCCc2ccc(CO)cc2)cc1. The van der Waals surface area contributed by atoms with Crippen molar-refractivity contribution in [2.24, 2.45) is 0 Å². The average Bonchev–Trinajstić information content (AvgIpc) is 2.53. The minimum Gasteiger partial charge on any atom is -0.392 e. The molecule has 20 heavy (non-hydrogen) atoms. The Bertz CT molecular complexity index is 458. The molecule has 0 aliphatic carbocycles. The lowest BCUT2D eigenvalue weighted by Gasteiger charge is -2.06. The number of benzene rings is 2. The molecule has 0 aliphatic rings. The lowest BCUT2D eigenvalue weighted by Crippen LogP contribution is -2.16. The Morgan fingerprint density at radius 1 is 0.900 bits per heavy atom. The van der Waals surface area contributed by atoms with Gasteiger partial charge in [-0.05, 0) is 48.0 Å². The molecule has 0 bridgehead atoms. The van der Waals surface area contributed by atoms with Gasteiger partial charge in [-0.2, -0.15) is 0 Å². The first-order valence-electron chi connectivity index (χ1n) is 6.84. The highest BCUT2D eigenvalue weighted by atomic mass is 32.2. The number of aliphatic hydroxyl groups excluding tert-OH is 1. The van der Waals surface area contributed by atoms with Crippen LogP contribution in [0.15, 0.2) is 53.4 Å². The molecule has 0 radical (unpaired) electrons. The molecular formula is C17H21NOS. The zero-order valence-electron chi connectivity index (χ0n) is 11.8. The van der Waals surface area contributed by atoms with E-state index in [9.17, 15) is 0 Å². The second-order valence-electron chi connectivity index (χ2n) is 4.75. The van der Waals surface area contributed by atoms with Gasteiger partial charge in [0.15, 0.2) is 0 Å². The molecule has 0 aromatic heterocycles. The molecule has 0 fully saturated rings. The van der Waals surface area contributed by atoms with Crippen molar-refractivity contribution >= 4 is 11.8 Å². The molecule has 0 unspecified atom stereocenters. The van der Waals surface area contributed by atoms with Gasteiger partial charge in [-0.1, -0.05) is 36.4 Å². The molecule has 2 rings (SSSR count). The van der Waals surface area contributed by atoms with Gasteiger partial charge >= 0.3 is 0 Å². The Kier molecular flexibility index (Phi) is 6.12. The van der Waals surface area contributed by atoms with E-state index in [0.717, 1.165) is 25.1 Å². The molecule has 106 valence electrons. The molecule has 0 atom stereocenters. The van der Waals surface area contributed by atoms with E-state index in [1.54, 1.807) is 11.8 Å². The predicted octanol–water partition coefficient (Wildman–Crippen LogP) is 3.23. The van der Waals surface area contributed by atoms with E-state index in [-0.39, 0.29) is 6.61 Å². The minimum absolute atomic E-state index is 0.116. The van der Waals surface area contributed by atoms with Crippen LogP contribution in [0.1, 0.15) is 16.7 Å². The number of hydrogen-bond donors (Lipinski definition) is 2. The molecule has 3 heteroatoms. The van der Waals surface area contributed by atoms with E-state index >= 15 is 0 Å². The molecule has 0 saturated heterocycles. The van der Waals surface area contributed by atoms with Gasteiger partial charge in [-0.15, -0.1) is 11.8 Å². The molecule has 0 spiro atoms. The van der Waals surface area contributed by atoms with Crippen LogP contribution in [0.4, 0.5) is 0 Å². The molecule has 0 heterocycles. The maximum Gasteiger partial charge on any atom is 0.0681 e. The van der Waals surface area contributed by atoms with Crippen molar-refractivity contribution in [3.63, 3.8) is 0 Å². The van der Waals surface area contributed by atoms with Gasteiger partial charge in [0.05, 0.1) is 6.61 Å². The first-order valence-corrected chi connectivity index (χ1v) is 8.06. The number of thioether (sulfide) groups is 1. The van der Waals surface area contributed by atoms with Crippen LogP contribution in [0.3, 0.4) is 0 Å². The highest BCUT2D eigenvalue weighted by molar-refractivity contribution is 7.98. The Labute approximate surface area is 125 Å². The molecule has 2 nitrogen and oxygen atoms in total. The van der Waals surface area contributed by atoms with Gasteiger partial charge in [-0.3, -0.25) is 0 Å². The quantitative estimate of drug-likeness (QED) is 0.606. The standard InChI is InChI=1S/C17H21NOS/c1-20-17-8-6-15(7-9-17)12-18-11-10-14-2-4-16(13-19)5-3-14/h2-9,18-19H,10-13H2,1H3. The van der Waals surface area contributed by atoms with Gasteiger partial charge in [-0.25, -0.2) is 0 Å². The Morgan fingerprint density at radius 2 is 1.50 bits per heavy atom. The van der Waals surface area contributed by atoms with Crippen molar-refractivity contribution in [3.05, 3.63) is 65.2 Å². The monoisotopic (exact) mass is 287 g/mol. The van der Waals surface area contributed by atoms with E-state index < -0.39 is 0 Å². The van der Waals surface area contributed by atoms with Crippen LogP contribution < -0.4 is 5.32 Å². The summed E-state index contributed by atoms with van der Waals surface area (Å²) in [5.41, 5.74) is 3.58. The number of nitrogens with one attached hydrogen (secondary N) is 1. The Hall–Kier alpha value is -1.29. The van der Waals surface area contributed by atoms with Crippen molar-refractivity contribution in [1.82, 2.24) is 5.32 Å². The van der Waals surface area contributed by atoms with Crippen molar-refractivity contribution in [2.75, 3.05) is 12.8 Å². The fourth-order valence-electron chi connectivity index (χ4n) is 2.02. The first kappa shape index (κ1) is 15.1. The topological polar surface area (TPSA) is 32.3 Å². The summed E-state index contributed by atoms with van der Waals surface area (Å²) in [4.78, 5) is 1.30. The summed E-state index contributed by atoms with van der Waals surface area (Å²) in [7, 11) is 0. The van der Waals surface area contributed by atoms with Crippen molar-refractivity contribution in [1.29, 1.82) is 0 Å². The summed E-state index contributed by atoms with van der Waals surface area (Å²) in [6.45, 7) is 1.98. The minimum atomic E-state index is 0.116. The largest absolute Gasteiger partial charge is 0.392 e. The van der Waals surface area contributed by atoms with Crippen molar-refractivity contribution in [2.45, 2.75) is 24.5 Å². The summed E-state index contributed by atoms with van der Waals surface area (Å²) in [5, 5.41) is 12.5. The maximum atomic E-state index is 8.99. The molecule has 2 aromatic carbocycles. The predicted molar refractivity (Wildman–Crippen MR) is 86.0 cm³/mol. The molecule has 2 aromatic rings. The second kappa shape index (κ2) is 8.10. The van der Waals surface area contributed by atoms with Crippen LogP contribution >= 0.6 is 11.8 Å². The normalized spacial score (nSPS) is 10.7. The van der Waals surface area contributed by atoms with E-state index in [4.69, 9.17) is 5.11 Å². The molecule has 0 saturated carbocycles. The van der Waals surface area contributed by atoms with Crippen LogP contribution in [-0.2, 0) is 19.6 Å². The molecule has 2 N–H and O–H groups in total. The third kappa shape index (κ3) is 4.67. The van der Waals surface area contributed by atoms with E-state index in [2.05, 4.69) is 48.0 Å². The number of hydrogen-bond acceptors (Lipinski definition) is 3. The van der Waals surface area contributed by atoms with Gasteiger partial charge in [0.25, 0.3) is 0 Å². The van der Waals surface area contributed by atoms with Crippen LogP contribution in [0.25, 0.3) is 0 Å². The average molecular weight is 287 g/mol. The third-order valence-corrected chi connectivity index (χ3v) is 4.03. The summed E-state index contributed by atoms with van der Waals surface area (Å²) >= 11 is 1.77. The van der Waals surface area contributed by atoms with Crippen LogP contribution in [0.5, 0.6) is 0 Å². The lowest BCUT2D eigenvalue weighted by molar-refractivity contribution is 0.282. The summed E-state index contributed by atoms with van der Waals surface area (Å²) in [6.07, 6.45) is 3.10. The van der Waals surface area contributed by atoms with Crippen LogP contribution in [-0.4, -0.2) is 17.9 Å². The van der Waals surface area contributed by atoms with Crippen molar-refractivity contribution < 1.29 is 5.11 Å². The van der Waals surface area contributed by atoms with E-state index in [1.165, 1.54) is 16.0 Å². The Morgan fingerprint density at radius 3 is 2.10 bits per heavy atom. The molecule has 0 amide bonds. The molecular weight excluding hydrogens is 266 g/mol. The van der Waals surface area contributed by atoms with Gasteiger partial charge in [0.2, 0.25) is 0 Å². The Balaban J connectivity index is 1.72. The number of aliphatic hydroxyl groups is 1. The second-order valence-corrected chi connectivity index (χ2v) is 5.63. The summed E-state index contributed by atoms with van der Waals surface area (Å²) in [5.74, 6) is 0. The lowest BCUT2D eigenvalue weighted by atomic mass is 10.1. The highest BCUT2D eigenvalue weighted by Crippen LogP contribution is 2.14. The number of rotatable bonds is 7. The zero-order valence-corrected chi connectivity index (χ0v) is 12.6. The van der Waals surface area contributed by atoms with Gasteiger partial charge < -0.3 is 10.4 Å². The fourth-order valence-corrected chi connectivity index (χ4v) is 2.43. The fraction of sp³-hybridized carbons (Fsp3) is 0.294. The summed E-state index contributed by atoms with van der Waals surface area (Å²) in [6, 6.07) is 16.8. The third-order valence-electron chi connectivity index (χ3n) is 3.28. The van der Waals surface area contributed by atoms with E-state index in [1.807, 2.05) is 12.1 Å². The van der Waals surface area contributed by atoms with Crippen LogP contribution in [0.2, 0.25) is 0 Å². The van der Waals surface area contributed by atoms with Crippen LogP contribution in [0, 0.1) is 0 Å². The van der Waals surface area contributed by atoms with E-state index in [0.29, 0.717) is 0 Å². The van der Waals surface area contributed by atoms with Crippen molar-refractivity contribution in [3.8, 4) is 0 Å². The van der Waals surface area contributed by atoms with Gasteiger partial charge in [0.1, 0.15) is 0 Å². The van der Waals surface area contributed by atoms with Gasteiger partial charge in [0, 0.05) is 11.4 Å². The molecule has 0 aliphatic heterocycles. The maximum absolute atomic E-state index is 8.99. The highest BCUT2D eigenvalue weighted by Gasteiger charge is 1.96.